The van der Waals surface area contributed by atoms with Crippen LogP contribution in [0.5, 0.6) is 0 Å². The predicted octanol–water partition coefficient (Wildman–Crippen LogP) is 4.41. The molecule has 3 aromatic rings. The van der Waals surface area contributed by atoms with Crippen molar-refractivity contribution in [2.45, 2.75) is 13.1 Å². The SMILES string of the molecule is C=CCN(Cc1cccn1Cc1ccc(F)cc1)C(=O)c1ccc([N+](=O)[O-])cc1. The van der Waals surface area contributed by atoms with Crippen molar-refractivity contribution >= 4 is 11.6 Å². The molecule has 0 bridgehead atoms. The van der Waals surface area contributed by atoms with Crippen LogP contribution in [0.25, 0.3) is 0 Å². The molecule has 0 spiro atoms. The van der Waals surface area contributed by atoms with Gasteiger partial charge in [0.1, 0.15) is 5.82 Å². The van der Waals surface area contributed by atoms with E-state index in [0.717, 1.165) is 11.3 Å². The van der Waals surface area contributed by atoms with Crippen LogP contribution in [-0.2, 0) is 13.1 Å². The highest BCUT2D eigenvalue weighted by Crippen LogP contribution is 2.16. The first-order valence-corrected chi connectivity index (χ1v) is 9.01. The van der Waals surface area contributed by atoms with Gasteiger partial charge in [0.15, 0.2) is 0 Å². The van der Waals surface area contributed by atoms with Crippen molar-refractivity contribution < 1.29 is 14.1 Å². The molecule has 6 nitrogen and oxygen atoms in total. The summed E-state index contributed by atoms with van der Waals surface area (Å²) in [6, 6.07) is 15.6. The number of rotatable bonds is 8. The van der Waals surface area contributed by atoms with E-state index in [4.69, 9.17) is 0 Å². The molecule has 0 saturated heterocycles. The fourth-order valence-electron chi connectivity index (χ4n) is 3.01. The number of carbonyl (C=O) groups excluding carboxylic acids is 1. The maximum Gasteiger partial charge on any atom is 0.269 e. The van der Waals surface area contributed by atoms with Gasteiger partial charge in [-0.3, -0.25) is 14.9 Å². The van der Waals surface area contributed by atoms with Crippen LogP contribution in [0, 0.1) is 15.9 Å². The summed E-state index contributed by atoms with van der Waals surface area (Å²) in [7, 11) is 0. The number of carbonyl (C=O) groups is 1. The third kappa shape index (κ3) is 4.95. The second-order valence-corrected chi connectivity index (χ2v) is 6.53. The summed E-state index contributed by atoms with van der Waals surface area (Å²) in [6.07, 6.45) is 3.54. The Bertz CT molecular complexity index is 1010. The van der Waals surface area contributed by atoms with Gasteiger partial charge in [-0.2, -0.15) is 0 Å². The van der Waals surface area contributed by atoms with Crippen molar-refractivity contribution in [2.75, 3.05) is 6.54 Å². The molecular weight excluding hydrogens is 373 g/mol. The number of nitrogens with zero attached hydrogens (tertiary/aromatic N) is 3. The molecule has 0 aliphatic carbocycles. The minimum atomic E-state index is -0.502. The van der Waals surface area contributed by atoms with E-state index in [0.29, 0.717) is 25.2 Å². The lowest BCUT2D eigenvalue weighted by molar-refractivity contribution is -0.384. The quantitative estimate of drug-likeness (QED) is 0.323. The Morgan fingerprint density at radius 1 is 1.14 bits per heavy atom. The van der Waals surface area contributed by atoms with Gasteiger partial charge in [-0.05, 0) is 42.0 Å². The molecule has 0 fully saturated rings. The van der Waals surface area contributed by atoms with Gasteiger partial charge in [0.25, 0.3) is 11.6 Å². The number of nitro groups is 1. The zero-order valence-electron chi connectivity index (χ0n) is 15.7. The zero-order chi connectivity index (χ0) is 20.8. The van der Waals surface area contributed by atoms with Gasteiger partial charge in [-0.25, -0.2) is 4.39 Å². The Morgan fingerprint density at radius 2 is 1.83 bits per heavy atom. The standard InChI is InChI=1S/C22H20FN3O3/c1-2-13-25(22(27)18-7-11-20(12-8-18)26(28)29)16-21-4-3-14-24(21)15-17-5-9-19(23)10-6-17/h2-12,14H,1,13,15-16H2. The Kier molecular flexibility index (Phi) is 6.19. The van der Waals surface area contributed by atoms with Crippen molar-refractivity contribution in [1.29, 1.82) is 0 Å². The molecule has 7 heteroatoms. The lowest BCUT2D eigenvalue weighted by Gasteiger charge is -2.22. The summed E-state index contributed by atoms with van der Waals surface area (Å²) >= 11 is 0. The molecule has 0 saturated carbocycles. The van der Waals surface area contributed by atoms with E-state index < -0.39 is 4.92 Å². The van der Waals surface area contributed by atoms with Crippen molar-refractivity contribution in [3.63, 3.8) is 0 Å². The number of halogens is 1. The maximum absolute atomic E-state index is 13.1. The van der Waals surface area contributed by atoms with Crippen LogP contribution in [0.3, 0.4) is 0 Å². The molecule has 2 aromatic carbocycles. The fourth-order valence-corrected chi connectivity index (χ4v) is 3.01. The number of non-ortho nitro benzene ring substituents is 1. The summed E-state index contributed by atoms with van der Waals surface area (Å²) in [5.41, 5.74) is 2.16. The van der Waals surface area contributed by atoms with Crippen LogP contribution in [-0.4, -0.2) is 26.8 Å². The lowest BCUT2D eigenvalue weighted by atomic mass is 10.1. The molecular formula is C22H20FN3O3. The first kappa shape index (κ1) is 20.0. The maximum atomic E-state index is 13.1. The Hall–Kier alpha value is -3.74. The molecule has 1 amide bonds. The van der Waals surface area contributed by atoms with E-state index in [9.17, 15) is 19.3 Å². The number of nitro benzene ring substituents is 1. The average Bonchev–Trinajstić information content (AvgIpc) is 3.15. The highest BCUT2D eigenvalue weighted by atomic mass is 19.1. The molecule has 0 N–H and O–H groups in total. The summed E-state index contributed by atoms with van der Waals surface area (Å²) in [5.74, 6) is -0.526. The number of hydrogen-bond donors (Lipinski definition) is 0. The van der Waals surface area contributed by atoms with Crippen molar-refractivity contribution in [3.8, 4) is 0 Å². The molecule has 0 radical (unpaired) electrons. The first-order valence-electron chi connectivity index (χ1n) is 9.01. The molecule has 0 aliphatic heterocycles. The summed E-state index contributed by atoms with van der Waals surface area (Å²) in [5, 5.41) is 10.8. The van der Waals surface area contributed by atoms with Crippen molar-refractivity contribution in [2.24, 2.45) is 0 Å². The van der Waals surface area contributed by atoms with E-state index in [-0.39, 0.29) is 17.4 Å². The second kappa shape index (κ2) is 8.97. The second-order valence-electron chi connectivity index (χ2n) is 6.53. The summed E-state index contributed by atoms with van der Waals surface area (Å²) < 4.78 is 15.1. The number of benzene rings is 2. The number of hydrogen-bond acceptors (Lipinski definition) is 3. The minimum Gasteiger partial charge on any atom is -0.345 e. The Balaban J connectivity index is 1.77. The van der Waals surface area contributed by atoms with E-state index in [1.54, 1.807) is 23.1 Å². The molecule has 0 atom stereocenters. The number of amides is 1. The van der Waals surface area contributed by atoms with Gasteiger partial charge in [0.2, 0.25) is 0 Å². The average molecular weight is 393 g/mol. The Morgan fingerprint density at radius 3 is 2.45 bits per heavy atom. The molecule has 1 heterocycles. The largest absolute Gasteiger partial charge is 0.345 e. The van der Waals surface area contributed by atoms with Crippen LogP contribution >= 0.6 is 0 Å². The molecule has 3 rings (SSSR count). The van der Waals surface area contributed by atoms with E-state index in [2.05, 4.69) is 6.58 Å². The van der Waals surface area contributed by atoms with E-state index in [1.807, 2.05) is 22.9 Å². The van der Waals surface area contributed by atoms with Crippen molar-refractivity contribution in [1.82, 2.24) is 9.47 Å². The van der Waals surface area contributed by atoms with Gasteiger partial charge < -0.3 is 9.47 Å². The van der Waals surface area contributed by atoms with Crippen LogP contribution in [0.15, 0.2) is 79.5 Å². The van der Waals surface area contributed by atoms with Crippen LogP contribution in [0.1, 0.15) is 21.6 Å². The zero-order valence-corrected chi connectivity index (χ0v) is 15.7. The van der Waals surface area contributed by atoms with Gasteiger partial charge in [-0.15, -0.1) is 6.58 Å². The third-order valence-electron chi connectivity index (χ3n) is 4.50. The third-order valence-corrected chi connectivity index (χ3v) is 4.50. The molecule has 29 heavy (non-hydrogen) atoms. The number of aromatic nitrogens is 1. The highest BCUT2D eigenvalue weighted by molar-refractivity contribution is 5.94. The van der Waals surface area contributed by atoms with Gasteiger partial charge >= 0.3 is 0 Å². The summed E-state index contributed by atoms with van der Waals surface area (Å²) in [4.78, 5) is 24.8. The molecule has 0 unspecified atom stereocenters. The van der Waals surface area contributed by atoms with Crippen LogP contribution in [0.4, 0.5) is 10.1 Å². The van der Waals surface area contributed by atoms with Crippen molar-refractivity contribution in [3.05, 3.63) is 112 Å². The molecule has 148 valence electrons. The van der Waals surface area contributed by atoms with Gasteiger partial charge in [0, 0.05) is 42.7 Å². The monoisotopic (exact) mass is 393 g/mol. The first-order chi connectivity index (χ1) is 14.0. The Labute approximate surface area is 167 Å². The highest BCUT2D eigenvalue weighted by Gasteiger charge is 2.18. The predicted molar refractivity (Wildman–Crippen MR) is 108 cm³/mol. The minimum absolute atomic E-state index is 0.0648. The lowest BCUT2D eigenvalue weighted by Crippen LogP contribution is -2.31. The van der Waals surface area contributed by atoms with Crippen LogP contribution < -0.4 is 0 Å². The molecule has 1 aromatic heterocycles. The normalized spacial score (nSPS) is 10.5. The van der Waals surface area contributed by atoms with Gasteiger partial charge in [-0.1, -0.05) is 18.2 Å². The summed E-state index contributed by atoms with van der Waals surface area (Å²) in [6.45, 7) is 4.94. The van der Waals surface area contributed by atoms with Gasteiger partial charge in [0.05, 0.1) is 11.5 Å². The molecule has 0 aliphatic rings. The topological polar surface area (TPSA) is 68.4 Å². The van der Waals surface area contributed by atoms with E-state index in [1.165, 1.54) is 36.4 Å². The smallest absolute Gasteiger partial charge is 0.269 e. The van der Waals surface area contributed by atoms with Crippen LogP contribution in [0.2, 0.25) is 0 Å². The van der Waals surface area contributed by atoms with E-state index >= 15 is 0 Å². The fraction of sp³-hybridized carbons (Fsp3) is 0.136.